The van der Waals surface area contributed by atoms with Crippen molar-refractivity contribution >= 4 is 28.4 Å². The minimum Gasteiger partial charge on any atom is -0.497 e. The second-order valence-corrected chi connectivity index (χ2v) is 10.4. The Morgan fingerprint density at radius 2 is 1.57 bits per heavy atom. The van der Waals surface area contributed by atoms with Gasteiger partial charge in [0.2, 0.25) is 5.95 Å². The van der Waals surface area contributed by atoms with Crippen molar-refractivity contribution in [2.24, 2.45) is 0 Å². The molecule has 0 aliphatic carbocycles. The van der Waals surface area contributed by atoms with E-state index < -0.39 is 0 Å². The van der Waals surface area contributed by atoms with Crippen molar-refractivity contribution in [2.75, 3.05) is 28.9 Å². The maximum Gasteiger partial charge on any atom is 0.226 e. The lowest BCUT2D eigenvalue weighted by Gasteiger charge is -2.32. The summed E-state index contributed by atoms with van der Waals surface area (Å²) in [6, 6.07) is 34.0. The summed E-state index contributed by atoms with van der Waals surface area (Å²) in [4.78, 5) is 12.6. The fourth-order valence-electron chi connectivity index (χ4n) is 5.81. The van der Waals surface area contributed by atoms with Gasteiger partial charge in [0, 0.05) is 19.6 Å². The van der Waals surface area contributed by atoms with Crippen LogP contribution in [0.3, 0.4) is 0 Å². The van der Waals surface area contributed by atoms with Gasteiger partial charge in [-0.1, -0.05) is 84.9 Å². The van der Waals surface area contributed by atoms with Crippen LogP contribution in [0.25, 0.3) is 10.8 Å². The number of nitrogens with zero attached hydrogens (tertiary/aromatic N) is 4. The van der Waals surface area contributed by atoms with Crippen LogP contribution in [0.4, 0.5) is 17.6 Å². The van der Waals surface area contributed by atoms with Gasteiger partial charge in [-0.3, -0.25) is 5.01 Å². The van der Waals surface area contributed by atoms with Gasteiger partial charge in [-0.15, -0.1) is 0 Å². The normalized spacial score (nSPS) is 15.8. The molecule has 200 valence electrons. The molecule has 0 saturated heterocycles. The van der Waals surface area contributed by atoms with Crippen LogP contribution in [0.15, 0.2) is 97.1 Å². The SMILES string of the molecule is COc1ccc(CN2CCC3NN(Cc4ccccc4)c4nc(NCc5cccc6ccccc56)nc2c43)cc1. The first-order chi connectivity index (χ1) is 19.7. The van der Waals surface area contributed by atoms with Crippen LogP contribution in [-0.4, -0.2) is 23.6 Å². The summed E-state index contributed by atoms with van der Waals surface area (Å²) in [6.45, 7) is 3.08. The third-order valence-electron chi connectivity index (χ3n) is 7.84. The highest BCUT2D eigenvalue weighted by Gasteiger charge is 2.38. The third-order valence-corrected chi connectivity index (χ3v) is 7.84. The smallest absolute Gasteiger partial charge is 0.226 e. The molecule has 2 N–H and O–H groups in total. The molecule has 2 aliphatic rings. The summed E-state index contributed by atoms with van der Waals surface area (Å²) < 4.78 is 5.36. The first-order valence-corrected chi connectivity index (χ1v) is 13.8. The Bertz CT molecular complexity index is 1630. The minimum absolute atomic E-state index is 0.202. The van der Waals surface area contributed by atoms with E-state index in [4.69, 9.17) is 14.7 Å². The van der Waals surface area contributed by atoms with E-state index >= 15 is 0 Å². The van der Waals surface area contributed by atoms with E-state index in [1.54, 1.807) is 7.11 Å². The van der Waals surface area contributed by atoms with Gasteiger partial charge in [0.25, 0.3) is 0 Å². The number of aromatic nitrogens is 2. The molecule has 3 heterocycles. The van der Waals surface area contributed by atoms with Crippen LogP contribution in [0.2, 0.25) is 0 Å². The summed E-state index contributed by atoms with van der Waals surface area (Å²) in [5.41, 5.74) is 8.61. The molecule has 4 aromatic carbocycles. The van der Waals surface area contributed by atoms with Crippen molar-refractivity contribution in [1.29, 1.82) is 0 Å². The van der Waals surface area contributed by atoms with Crippen molar-refractivity contribution in [3.05, 3.63) is 119 Å². The van der Waals surface area contributed by atoms with Crippen LogP contribution in [0.1, 0.15) is 34.7 Å². The lowest BCUT2D eigenvalue weighted by atomic mass is 10.0. The standard InChI is InChI=1S/C33H32N6O/c1-40-27-16-14-24(15-17-27)21-38-19-18-29-30-31(38)35-33(34-20-26-12-7-11-25-10-5-6-13-28(25)26)36-32(30)39(37-29)22-23-8-3-2-4-9-23/h2-17,29,37H,18-22H2,1H3,(H,34,35,36). The molecule has 5 aromatic rings. The van der Waals surface area contributed by atoms with Crippen molar-refractivity contribution in [3.63, 3.8) is 0 Å². The van der Waals surface area contributed by atoms with Gasteiger partial charge >= 0.3 is 0 Å². The lowest BCUT2D eigenvalue weighted by Crippen LogP contribution is -2.37. The van der Waals surface area contributed by atoms with Gasteiger partial charge in [0.05, 0.1) is 25.3 Å². The molecule has 1 atom stereocenters. The highest BCUT2D eigenvalue weighted by Crippen LogP contribution is 2.44. The predicted molar refractivity (Wildman–Crippen MR) is 160 cm³/mol. The van der Waals surface area contributed by atoms with E-state index in [0.717, 1.165) is 43.4 Å². The quantitative estimate of drug-likeness (QED) is 0.248. The number of nitrogens with one attached hydrogen (secondary N) is 2. The number of anilines is 3. The van der Waals surface area contributed by atoms with Gasteiger partial charge in [-0.2, -0.15) is 9.97 Å². The molecule has 0 spiro atoms. The number of methoxy groups -OCH3 is 1. The molecule has 7 heteroatoms. The summed E-state index contributed by atoms with van der Waals surface area (Å²) in [6.07, 6.45) is 0.994. The molecular weight excluding hydrogens is 496 g/mol. The zero-order valence-electron chi connectivity index (χ0n) is 22.5. The van der Waals surface area contributed by atoms with Crippen molar-refractivity contribution < 1.29 is 4.74 Å². The summed E-state index contributed by atoms with van der Waals surface area (Å²) in [7, 11) is 1.70. The molecule has 7 nitrogen and oxygen atoms in total. The molecule has 0 bridgehead atoms. The van der Waals surface area contributed by atoms with Crippen molar-refractivity contribution in [2.45, 2.75) is 32.1 Å². The van der Waals surface area contributed by atoms with Gasteiger partial charge in [-0.05, 0) is 46.0 Å². The van der Waals surface area contributed by atoms with Crippen LogP contribution in [0.5, 0.6) is 5.75 Å². The number of hydrogen-bond acceptors (Lipinski definition) is 7. The molecule has 0 amide bonds. The summed E-state index contributed by atoms with van der Waals surface area (Å²) in [5.74, 6) is 3.47. The molecule has 7 rings (SSSR count). The molecule has 40 heavy (non-hydrogen) atoms. The predicted octanol–water partition coefficient (Wildman–Crippen LogP) is 6.23. The van der Waals surface area contributed by atoms with E-state index in [0.29, 0.717) is 12.5 Å². The van der Waals surface area contributed by atoms with Crippen LogP contribution < -0.4 is 25.4 Å². The number of fused-ring (bicyclic) bond motifs is 1. The van der Waals surface area contributed by atoms with Crippen LogP contribution >= 0.6 is 0 Å². The van der Waals surface area contributed by atoms with E-state index in [9.17, 15) is 0 Å². The Morgan fingerprint density at radius 3 is 2.42 bits per heavy atom. The molecule has 2 aliphatic heterocycles. The summed E-state index contributed by atoms with van der Waals surface area (Å²) >= 11 is 0. The zero-order valence-corrected chi connectivity index (χ0v) is 22.5. The highest BCUT2D eigenvalue weighted by atomic mass is 16.5. The second-order valence-electron chi connectivity index (χ2n) is 10.4. The van der Waals surface area contributed by atoms with E-state index in [-0.39, 0.29) is 6.04 Å². The van der Waals surface area contributed by atoms with E-state index in [1.165, 1.54) is 33.0 Å². The van der Waals surface area contributed by atoms with Gasteiger partial charge in [0.1, 0.15) is 11.6 Å². The van der Waals surface area contributed by atoms with Crippen molar-refractivity contribution in [3.8, 4) is 5.75 Å². The second kappa shape index (κ2) is 10.5. The lowest BCUT2D eigenvalue weighted by molar-refractivity contribution is 0.414. The fourth-order valence-corrected chi connectivity index (χ4v) is 5.81. The third kappa shape index (κ3) is 4.69. The molecule has 0 fully saturated rings. The molecule has 0 saturated carbocycles. The zero-order chi connectivity index (χ0) is 26.9. The topological polar surface area (TPSA) is 65.6 Å². The van der Waals surface area contributed by atoms with E-state index in [2.05, 4.69) is 106 Å². The average Bonchev–Trinajstić information content (AvgIpc) is 3.35. The first kappa shape index (κ1) is 24.4. The number of rotatable bonds is 8. The largest absolute Gasteiger partial charge is 0.497 e. The summed E-state index contributed by atoms with van der Waals surface area (Å²) in [5, 5.41) is 8.23. The maximum atomic E-state index is 5.36. The average molecular weight is 529 g/mol. The maximum absolute atomic E-state index is 5.36. The van der Waals surface area contributed by atoms with Gasteiger partial charge in [0.15, 0.2) is 5.82 Å². The number of benzene rings is 4. The molecule has 1 aromatic heterocycles. The fraction of sp³-hybridized carbons (Fsp3) is 0.212. The first-order valence-electron chi connectivity index (χ1n) is 13.8. The Hall–Kier alpha value is -4.62. The molecule has 0 radical (unpaired) electrons. The highest BCUT2D eigenvalue weighted by molar-refractivity contribution is 5.85. The number of ether oxygens (including phenoxy) is 1. The van der Waals surface area contributed by atoms with Gasteiger partial charge in [-0.25, -0.2) is 5.43 Å². The number of hydrogen-bond donors (Lipinski definition) is 2. The Balaban J connectivity index is 1.23. The Labute approximate surface area is 234 Å². The number of hydrazine groups is 1. The van der Waals surface area contributed by atoms with Crippen LogP contribution in [-0.2, 0) is 19.6 Å². The Morgan fingerprint density at radius 1 is 0.825 bits per heavy atom. The van der Waals surface area contributed by atoms with Crippen LogP contribution in [0, 0.1) is 0 Å². The minimum atomic E-state index is 0.202. The monoisotopic (exact) mass is 528 g/mol. The van der Waals surface area contributed by atoms with Gasteiger partial charge < -0.3 is 15.0 Å². The van der Waals surface area contributed by atoms with Crippen molar-refractivity contribution in [1.82, 2.24) is 15.4 Å². The molecular formula is C33H32N6O. The van der Waals surface area contributed by atoms with E-state index in [1.807, 2.05) is 12.1 Å². The molecule has 1 unspecified atom stereocenters. The Kier molecular flexibility index (Phi) is 6.42.